The fraction of sp³-hybridized carbons (Fsp3) is 0.909. The van der Waals surface area contributed by atoms with Gasteiger partial charge >= 0.3 is 0 Å². The molecule has 29 heavy (non-hydrogen) atoms. The molecule has 0 aromatic carbocycles. The summed E-state index contributed by atoms with van der Waals surface area (Å²) < 4.78 is 0. The summed E-state index contributed by atoms with van der Waals surface area (Å²) in [6.45, 7) is 13.8. The molecule has 175 valence electrons. The molecule has 2 rings (SSSR count). The van der Waals surface area contributed by atoms with Crippen molar-refractivity contribution in [3.63, 3.8) is 0 Å². The monoisotopic (exact) mass is 487 g/mol. The van der Waals surface area contributed by atoms with Crippen LogP contribution in [0.4, 0.5) is 0 Å². The van der Waals surface area contributed by atoms with Gasteiger partial charge in [0.05, 0.1) is 0 Å². The summed E-state index contributed by atoms with van der Waals surface area (Å²) in [5.74, 6) is 3.93. The van der Waals surface area contributed by atoms with E-state index in [4.69, 9.17) is 10.5 Å². The first-order valence-corrected chi connectivity index (χ1v) is 11.7. The van der Waals surface area contributed by atoms with Gasteiger partial charge in [-0.05, 0) is 23.7 Å². The maximum absolute atomic E-state index is 7.13. The van der Waals surface area contributed by atoms with E-state index in [0.717, 1.165) is 49.9 Å². The summed E-state index contributed by atoms with van der Waals surface area (Å²) >= 11 is 7.40. The molecule has 0 atom stereocenters. The van der Waals surface area contributed by atoms with Crippen molar-refractivity contribution in [2.24, 2.45) is 23.7 Å². The standard InChI is InChI=1S/2C10H20N.2CHNS.Cu/c2*1-3-9(4-2)10-5-7-11-8-6-10;2*2-1-3;/h2*9-10H,3-8H2,1-2H3;2*3H;/q2*-1;;;/p-2. The normalized spacial score (nSPS) is 16.4. The summed E-state index contributed by atoms with van der Waals surface area (Å²) in [5.41, 5.74) is 0. The van der Waals surface area contributed by atoms with Crippen LogP contribution in [0.2, 0.25) is 0 Å². The summed E-state index contributed by atoms with van der Waals surface area (Å²) in [4.78, 5) is 0. The molecule has 4 nitrogen and oxygen atoms in total. The van der Waals surface area contributed by atoms with Gasteiger partial charge in [-0.15, -0.1) is 26.2 Å². The Bertz CT molecular complexity index is 355. The zero-order chi connectivity index (χ0) is 21.6. The maximum Gasteiger partial charge on any atom is 0 e. The molecule has 0 N–H and O–H groups in total. The first kappa shape index (κ1) is 33.5. The Morgan fingerprint density at radius 3 is 1.07 bits per heavy atom. The largest absolute Gasteiger partial charge is 0.696 e. The third kappa shape index (κ3) is 18.4. The predicted molar refractivity (Wildman–Crippen MR) is 126 cm³/mol. The molecule has 0 spiro atoms. The zero-order valence-electron chi connectivity index (χ0n) is 18.7. The molecule has 0 aromatic heterocycles. The van der Waals surface area contributed by atoms with Gasteiger partial charge in [-0.2, -0.15) is 0 Å². The van der Waals surface area contributed by atoms with Crippen molar-refractivity contribution < 1.29 is 17.1 Å². The van der Waals surface area contributed by atoms with E-state index in [1.165, 1.54) is 62.2 Å². The Morgan fingerprint density at radius 1 is 0.690 bits per heavy atom. The quantitative estimate of drug-likeness (QED) is 0.245. The fourth-order valence-electron chi connectivity index (χ4n) is 4.39. The number of thiocyanates is 2. The second-order valence-corrected chi connectivity index (χ2v) is 7.72. The Hall–Kier alpha value is -0.141. The van der Waals surface area contributed by atoms with E-state index in [0.29, 0.717) is 0 Å². The molecule has 0 amide bonds. The number of hydrogen-bond acceptors (Lipinski definition) is 4. The van der Waals surface area contributed by atoms with Crippen LogP contribution in [0.5, 0.6) is 0 Å². The van der Waals surface area contributed by atoms with Crippen molar-refractivity contribution in [3.8, 4) is 10.8 Å². The van der Waals surface area contributed by atoms with E-state index >= 15 is 0 Å². The second-order valence-electron chi connectivity index (χ2n) is 7.35. The smallest absolute Gasteiger partial charge is 0 e. The molecule has 0 aliphatic carbocycles. The summed E-state index contributed by atoms with van der Waals surface area (Å²) in [7, 11) is 0. The number of nitrogens with zero attached hydrogens (tertiary/aromatic N) is 4. The van der Waals surface area contributed by atoms with Gasteiger partial charge in [0.1, 0.15) is 0 Å². The molecule has 2 saturated heterocycles. The van der Waals surface area contributed by atoms with Crippen LogP contribution >= 0.6 is 0 Å². The molecule has 2 aliphatic heterocycles. The van der Waals surface area contributed by atoms with Crippen LogP contribution in [0.25, 0.3) is 10.6 Å². The molecule has 2 fully saturated rings. The van der Waals surface area contributed by atoms with E-state index in [9.17, 15) is 0 Å². The minimum Gasteiger partial charge on any atom is -0.696 e. The Labute approximate surface area is 202 Å². The summed E-state index contributed by atoms with van der Waals surface area (Å²) in [6, 6.07) is 0. The molecule has 0 saturated carbocycles. The molecule has 0 bridgehead atoms. The van der Waals surface area contributed by atoms with Crippen LogP contribution in [0.1, 0.15) is 79.1 Å². The topological polar surface area (TPSA) is 75.8 Å². The van der Waals surface area contributed by atoms with Crippen LogP contribution in [-0.4, -0.2) is 26.2 Å². The molecular formula is C22H40CuN4S2-4. The summed E-state index contributed by atoms with van der Waals surface area (Å²) in [5, 5.41) is 25.7. The summed E-state index contributed by atoms with van der Waals surface area (Å²) in [6.07, 6.45) is 10.9. The van der Waals surface area contributed by atoms with Gasteiger partial charge in [0, 0.05) is 17.1 Å². The van der Waals surface area contributed by atoms with Crippen molar-refractivity contribution >= 4 is 25.3 Å². The van der Waals surface area contributed by atoms with Crippen LogP contribution in [-0.2, 0) is 42.3 Å². The van der Waals surface area contributed by atoms with Gasteiger partial charge in [-0.1, -0.05) is 89.9 Å². The molecule has 2 aliphatic rings. The number of nitriles is 2. The van der Waals surface area contributed by atoms with E-state index < -0.39 is 0 Å². The SMILES string of the molecule is CCC(CC)C1CC[N-]CC1.CCC(CC)C1CC[N-]CC1.N#C[S-].N#C[S-].[Cu]. The molecule has 1 radical (unpaired) electrons. The van der Waals surface area contributed by atoms with Gasteiger partial charge < -0.3 is 35.9 Å². The van der Waals surface area contributed by atoms with E-state index in [2.05, 4.69) is 63.6 Å². The second kappa shape index (κ2) is 25.9. The van der Waals surface area contributed by atoms with Gasteiger partial charge in [0.15, 0.2) is 0 Å². The molecule has 0 unspecified atom stereocenters. The molecule has 0 aromatic rings. The Balaban J connectivity index is -0.000000358. The minimum atomic E-state index is 0. The molecular weight excluding hydrogens is 448 g/mol. The average molecular weight is 488 g/mol. The van der Waals surface area contributed by atoms with Gasteiger partial charge in [-0.3, -0.25) is 0 Å². The zero-order valence-corrected chi connectivity index (χ0v) is 21.3. The Morgan fingerprint density at radius 2 is 0.897 bits per heavy atom. The minimum absolute atomic E-state index is 0. The maximum atomic E-state index is 7.13. The van der Waals surface area contributed by atoms with Crippen molar-refractivity contribution in [3.05, 3.63) is 10.6 Å². The van der Waals surface area contributed by atoms with Crippen LogP contribution in [0.3, 0.4) is 0 Å². The third-order valence-corrected chi connectivity index (χ3v) is 6.06. The number of hydrogen-bond donors (Lipinski definition) is 0. The molecule has 2 heterocycles. The number of piperidine rings is 2. The van der Waals surface area contributed by atoms with Gasteiger partial charge in [-0.25, -0.2) is 10.5 Å². The van der Waals surface area contributed by atoms with Crippen molar-refractivity contribution in [2.75, 3.05) is 26.2 Å². The third-order valence-electron chi connectivity index (χ3n) is 6.06. The van der Waals surface area contributed by atoms with Crippen LogP contribution < -0.4 is 0 Å². The van der Waals surface area contributed by atoms with E-state index in [1.54, 1.807) is 0 Å². The van der Waals surface area contributed by atoms with E-state index in [-0.39, 0.29) is 17.1 Å². The average Bonchev–Trinajstić information content (AvgIpc) is 2.73. The van der Waals surface area contributed by atoms with Gasteiger partial charge in [0.25, 0.3) is 0 Å². The van der Waals surface area contributed by atoms with Crippen molar-refractivity contribution in [2.45, 2.75) is 79.1 Å². The first-order chi connectivity index (χ1) is 13.6. The van der Waals surface area contributed by atoms with E-state index in [1.807, 2.05) is 0 Å². The first-order valence-electron chi connectivity index (χ1n) is 10.9. The fourth-order valence-corrected chi connectivity index (χ4v) is 4.39. The van der Waals surface area contributed by atoms with Crippen molar-refractivity contribution in [1.29, 1.82) is 10.5 Å². The van der Waals surface area contributed by atoms with Gasteiger partial charge in [0.2, 0.25) is 0 Å². The Kier molecular flexibility index (Phi) is 29.9. The van der Waals surface area contributed by atoms with Crippen LogP contribution in [0, 0.1) is 45.0 Å². The van der Waals surface area contributed by atoms with Crippen LogP contribution in [0.15, 0.2) is 0 Å². The van der Waals surface area contributed by atoms with Crippen molar-refractivity contribution in [1.82, 2.24) is 0 Å². The number of rotatable bonds is 6. The predicted octanol–water partition coefficient (Wildman–Crippen LogP) is 6.44. The molecule has 7 heteroatoms.